The number of H-pyrrole nitrogens is 1. The molecule has 8 nitrogen and oxygen atoms in total. The van der Waals surface area contributed by atoms with Crippen LogP contribution in [-0.4, -0.2) is 50.6 Å². The third kappa shape index (κ3) is 3.65. The third-order valence-corrected chi connectivity index (χ3v) is 9.46. The van der Waals surface area contributed by atoms with Gasteiger partial charge in [0.2, 0.25) is 0 Å². The second kappa shape index (κ2) is 7.82. The maximum atomic E-state index is 13.8. The second-order valence-electron chi connectivity index (χ2n) is 9.90. The van der Waals surface area contributed by atoms with Gasteiger partial charge in [0.15, 0.2) is 0 Å². The molecule has 1 atom stereocenters. The number of benzene rings is 1. The molecule has 35 heavy (non-hydrogen) atoms. The summed E-state index contributed by atoms with van der Waals surface area (Å²) in [6.07, 6.45) is 10.4. The first-order valence-electron chi connectivity index (χ1n) is 11.6. The van der Waals surface area contributed by atoms with Crippen LogP contribution in [-0.2, 0) is 23.1 Å². The number of nitrogens with zero attached hydrogens (tertiary/aromatic N) is 5. The van der Waals surface area contributed by atoms with Gasteiger partial charge in [0.25, 0.3) is 0 Å². The summed E-state index contributed by atoms with van der Waals surface area (Å²) in [6.45, 7) is -0.179. The van der Waals surface area contributed by atoms with E-state index < -0.39 is 21.6 Å². The van der Waals surface area contributed by atoms with E-state index in [2.05, 4.69) is 20.0 Å². The van der Waals surface area contributed by atoms with Crippen molar-refractivity contribution in [1.82, 2.24) is 24.1 Å². The summed E-state index contributed by atoms with van der Waals surface area (Å²) in [6, 6.07) is 6.84. The van der Waals surface area contributed by atoms with Crippen LogP contribution in [0.3, 0.4) is 0 Å². The van der Waals surface area contributed by atoms with E-state index >= 15 is 0 Å². The lowest BCUT2D eigenvalue weighted by Crippen LogP contribution is -2.56. The van der Waals surface area contributed by atoms with Crippen LogP contribution in [0.25, 0.3) is 5.69 Å². The highest BCUT2D eigenvalue weighted by Gasteiger charge is 2.59. The Bertz CT molecular complexity index is 1310. The molecule has 7 rings (SSSR count). The number of alkyl halides is 3. The van der Waals surface area contributed by atoms with E-state index in [-0.39, 0.29) is 18.5 Å². The minimum absolute atomic E-state index is 0.202. The zero-order valence-corrected chi connectivity index (χ0v) is 19.6. The van der Waals surface area contributed by atoms with Crippen LogP contribution < -0.4 is 4.90 Å². The van der Waals surface area contributed by atoms with E-state index in [9.17, 15) is 21.6 Å². The molecule has 1 unspecified atom stereocenters. The Morgan fingerprint density at radius 3 is 2.69 bits per heavy atom. The van der Waals surface area contributed by atoms with Gasteiger partial charge in [0.1, 0.15) is 0 Å². The topological polar surface area (TPSA) is 87.1 Å². The zero-order chi connectivity index (χ0) is 24.4. The van der Waals surface area contributed by atoms with E-state index in [1.807, 2.05) is 12.1 Å². The van der Waals surface area contributed by atoms with Gasteiger partial charge in [0, 0.05) is 43.4 Å². The molecule has 3 aliphatic carbocycles. The third-order valence-electron chi connectivity index (χ3n) is 7.92. The van der Waals surface area contributed by atoms with Gasteiger partial charge < -0.3 is 9.88 Å². The number of hydrogen-bond donors (Lipinski definition) is 1. The van der Waals surface area contributed by atoms with E-state index in [0.717, 1.165) is 37.1 Å². The molecule has 2 aromatic heterocycles. The molecular weight excluding hydrogens is 481 g/mol. The quantitative estimate of drug-likeness (QED) is 0.569. The number of imidazole rings is 1. The average Bonchev–Trinajstić information content (AvgIpc) is 3.58. The van der Waals surface area contributed by atoms with E-state index in [4.69, 9.17) is 0 Å². The standard InChI is InChI=1S/C23H25F3N6O2S/c24-23(25,26)35(33,34)30-12-17-8-19(32-7-1-6-29-32)2-3-20(17)31(13-18-11-27-15-28-18)21(14-30)22-5-4-16(9-22)10-22/h1-3,6-8,11,15-16,21H,4-5,9-10,12-14H2,(H,27,28). The van der Waals surface area contributed by atoms with Gasteiger partial charge in [0.05, 0.1) is 24.3 Å². The molecule has 3 fully saturated rings. The fourth-order valence-electron chi connectivity index (χ4n) is 6.29. The van der Waals surface area contributed by atoms with Crippen molar-refractivity contribution in [3.8, 4) is 5.69 Å². The number of halogens is 3. The molecule has 3 saturated carbocycles. The molecule has 1 N–H and O–H groups in total. The summed E-state index contributed by atoms with van der Waals surface area (Å²) >= 11 is 0. The lowest BCUT2D eigenvalue weighted by atomic mass is 9.64. The van der Waals surface area contributed by atoms with Crippen LogP contribution in [0.15, 0.2) is 49.2 Å². The van der Waals surface area contributed by atoms with E-state index in [1.165, 1.54) is 0 Å². The van der Waals surface area contributed by atoms with Gasteiger partial charge in [-0.05, 0) is 66.8 Å². The number of aromatic nitrogens is 4. The number of anilines is 1. The molecular formula is C23H25F3N6O2S. The van der Waals surface area contributed by atoms with Crippen molar-refractivity contribution in [3.05, 3.63) is 60.4 Å². The number of aromatic amines is 1. The van der Waals surface area contributed by atoms with Crippen molar-refractivity contribution in [1.29, 1.82) is 0 Å². The van der Waals surface area contributed by atoms with Crippen LogP contribution in [0.5, 0.6) is 0 Å². The van der Waals surface area contributed by atoms with Crippen molar-refractivity contribution < 1.29 is 21.6 Å². The zero-order valence-electron chi connectivity index (χ0n) is 18.8. The first-order chi connectivity index (χ1) is 16.7. The molecule has 1 aliphatic heterocycles. The molecule has 0 saturated heterocycles. The molecule has 0 spiro atoms. The molecule has 2 bridgehead atoms. The highest BCUT2D eigenvalue weighted by atomic mass is 32.2. The monoisotopic (exact) mass is 506 g/mol. The van der Waals surface area contributed by atoms with Gasteiger partial charge in [-0.3, -0.25) is 0 Å². The minimum atomic E-state index is -5.53. The summed E-state index contributed by atoms with van der Waals surface area (Å²) in [7, 11) is -5.53. The summed E-state index contributed by atoms with van der Waals surface area (Å²) in [5, 5.41) is 4.22. The number of sulfonamides is 1. The molecule has 12 heteroatoms. The Hall–Kier alpha value is -2.86. The van der Waals surface area contributed by atoms with Crippen LogP contribution >= 0.6 is 0 Å². The highest BCUT2D eigenvalue weighted by Crippen LogP contribution is 2.62. The van der Waals surface area contributed by atoms with Crippen LogP contribution in [0.1, 0.15) is 36.9 Å². The van der Waals surface area contributed by atoms with Crippen LogP contribution in [0.2, 0.25) is 0 Å². The fourth-order valence-corrected chi connectivity index (χ4v) is 7.23. The predicted octanol–water partition coefficient (Wildman–Crippen LogP) is 3.83. The molecule has 0 amide bonds. The van der Waals surface area contributed by atoms with Gasteiger partial charge in [-0.1, -0.05) is 0 Å². The molecule has 4 aliphatic rings. The van der Waals surface area contributed by atoms with Gasteiger partial charge in [-0.15, -0.1) is 0 Å². The van der Waals surface area contributed by atoms with E-state index in [1.54, 1.807) is 41.7 Å². The van der Waals surface area contributed by atoms with Gasteiger partial charge in [-0.25, -0.2) is 18.1 Å². The van der Waals surface area contributed by atoms with Crippen molar-refractivity contribution >= 4 is 15.7 Å². The van der Waals surface area contributed by atoms with E-state index in [0.29, 0.717) is 28.0 Å². The van der Waals surface area contributed by atoms with Crippen molar-refractivity contribution in [2.75, 3.05) is 11.4 Å². The summed E-state index contributed by atoms with van der Waals surface area (Å²) in [5.41, 5.74) is -2.85. The minimum Gasteiger partial charge on any atom is -0.361 e. The maximum Gasteiger partial charge on any atom is 0.511 e. The Morgan fingerprint density at radius 2 is 2.06 bits per heavy atom. The number of fused-ring (bicyclic) bond motifs is 2. The highest BCUT2D eigenvalue weighted by molar-refractivity contribution is 7.89. The number of nitrogens with one attached hydrogen (secondary N) is 1. The Morgan fingerprint density at radius 1 is 1.23 bits per heavy atom. The van der Waals surface area contributed by atoms with Crippen molar-refractivity contribution in [2.45, 2.75) is 50.3 Å². The van der Waals surface area contributed by atoms with Crippen molar-refractivity contribution in [2.24, 2.45) is 11.3 Å². The molecule has 0 radical (unpaired) electrons. The summed E-state index contributed by atoms with van der Waals surface area (Å²) in [5.74, 6) is 0.571. The summed E-state index contributed by atoms with van der Waals surface area (Å²) in [4.78, 5) is 9.30. The molecule has 1 aromatic carbocycles. The average molecular weight is 507 g/mol. The van der Waals surface area contributed by atoms with Crippen LogP contribution in [0.4, 0.5) is 18.9 Å². The second-order valence-corrected chi connectivity index (χ2v) is 11.8. The molecule has 3 aromatic rings. The maximum absolute atomic E-state index is 13.8. The number of rotatable bonds is 5. The SMILES string of the molecule is O=S(=O)(N1Cc2cc(-n3cccn3)ccc2N(Cc2cnc[nH]2)C(C23CCC(C2)C3)C1)C(F)(F)F. The lowest BCUT2D eigenvalue weighted by molar-refractivity contribution is -0.0498. The fraction of sp³-hybridized carbons (Fsp3) is 0.478. The lowest BCUT2D eigenvalue weighted by Gasteiger charge is -2.50. The smallest absolute Gasteiger partial charge is 0.361 e. The van der Waals surface area contributed by atoms with Crippen molar-refractivity contribution in [3.63, 3.8) is 0 Å². The molecule has 3 heterocycles. The van der Waals surface area contributed by atoms with Gasteiger partial charge in [-0.2, -0.15) is 22.6 Å². The first-order valence-corrected chi connectivity index (χ1v) is 13.0. The predicted molar refractivity (Wildman–Crippen MR) is 122 cm³/mol. The Labute approximate surface area is 200 Å². The Kier molecular flexibility index (Phi) is 5.05. The van der Waals surface area contributed by atoms with Gasteiger partial charge >= 0.3 is 15.5 Å². The largest absolute Gasteiger partial charge is 0.511 e. The first kappa shape index (κ1) is 22.6. The number of hydrogen-bond acceptors (Lipinski definition) is 5. The molecule has 186 valence electrons. The Balaban J connectivity index is 1.51. The summed E-state index contributed by atoms with van der Waals surface area (Å²) < 4.78 is 69.0. The van der Waals surface area contributed by atoms with Crippen LogP contribution in [0, 0.1) is 11.3 Å². The normalized spacial score (nSPS) is 26.9.